The van der Waals surface area contributed by atoms with Gasteiger partial charge < -0.3 is 5.32 Å². The average Bonchev–Trinajstić information content (AvgIpc) is 2.45. The van der Waals surface area contributed by atoms with Gasteiger partial charge in [-0.15, -0.1) is 0 Å². The Balaban J connectivity index is 2.18. The maximum Gasteiger partial charge on any atom is 0.144 e. The van der Waals surface area contributed by atoms with E-state index in [9.17, 15) is 0 Å². The van der Waals surface area contributed by atoms with Gasteiger partial charge in [-0.3, -0.25) is 0 Å². The summed E-state index contributed by atoms with van der Waals surface area (Å²) in [6, 6.07) is 13.4. The average molecular weight is 248 g/mol. The van der Waals surface area contributed by atoms with Crippen molar-refractivity contribution in [2.45, 2.75) is 13.5 Å². The Hall–Kier alpha value is -2.85. The fourth-order valence-corrected chi connectivity index (χ4v) is 1.77. The lowest BCUT2D eigenvalue weighted by Gasteiger charge is -2.08. The van der Waals surface area contributed by atoms with Gasteiger partial charge in [0.1, 0.15) is 11.9 Å². The Labute approximate surface area is 112 Å². The van der Waals surface area contributed by atoms with Crippen molar-refractivity contribution in [2.75, 3.05) is 5.32 Å². The van der Waals surface area contributed by atoms with Crippen molar-refractivity contribution in [3.8, 4) is 12.1 Å². The van der Waals surface area contributed by atoms with E-state index in [1.165, 1.54) is 0 Å². The van der Waals surface area contributed by atoms with Gasteiger partial charge in [0.25, 0.3) is 0 Å². The molecule has 0 saturated carbocycles. The summed E-state index contributed by atoms with van der Waals surface area (Å²) < 4.78 is 0. The lowest BCUT2D eigenvalue weighted by Crippen LogP contribution is -2.04. The van der Waals surface area contributed by atoms with Crippen molar-refractivity contribution in [1.82, 2.24) is 4.98 Å². The maximum absolute atomic E-state index is 9.11. The van der Waals surface area contributed by atoms with Crippen molar-refractivity contribution < 1.29 is 0 Å². The highest BCUT2D eigenvalue weighted by molar-refractivity contribution is 5.55. The molecule has 0 saturated heterocycles. The zero-order chi connectivity index (χ0) is 13.7. The number of nitrogens with zero attached hydrogens (tertiary/aromatic N) is 3. The van der Waals surface area contributed by atoms with Crippen LogP contribution < -0.4 is 5.32 Å². The molecular weight excluding hydrogens is 236 g/mol. The predicted molar refractivity (Wildman–Crippen MR) is 72.2 cm³/mol. The minimum Gasteiger partial charge on any atom is -0.365 e. The van der Waals surface area contributed by atoms with Gasteiger partial charge in [0.2, 0.25) is 0 Å². The molecule has 92 valence electrons. The first-order valence-corrected chi connectivity index (χ1v) is 5.83. The Morgan fingerprint density at radius 2 is 2.05 bits per heavy atom. The number of nitriles is 2. The van der Waals surface area contributed by atoms with E-state index in [0.717, 1.165) is 11.1 Å². The van der Waals surface area contributed by atoms with Crippen molar-refractivity contribution in [1.29, 1.82) is 10.5 Å². The van der Waals surface area contributed by atoms with Crippen LogP contribution in [0.1, 0.15) is 22.3 Å². The van der Waals surface area contributed by atoms with E-state index in [-0.39, 0.29) is 0 Å². The molecule has 0 aliphatic rings. The third kappa shape index (κ3) is 2.88. The second-order valence-corrected chi connectivity index (χ2v) is 4.13. The van der Waals surface area contributed by atoms with Crippen LogP contribution in [-0.4, -0.2) is 4.98 Å². The molecule has 4 nitrogen and oxygen atoms in total. The lowest BCUT2D eigenvalue weighted by molar-refractivity contribution is 1.10. The molecule has 0 bridgehead atoms. The molecule has 2 aromatic rings. The van der Waals surface area contributed by atoms with Gasteiger partial charge in [-0.05, 0) is 36.2 Å². The van der Waals surface area contributed by atoms with Crippen LogP contribution >= 0.6 is 0 Å². The molecule has 2 rings (SSSR count). The van der Waals surface area contributed by atoms with E-state index in [2.05, 4.69) is 22.4 Å². The second kappa shape index (κ2) is 5.66. The van der Waals surface area contributed by atoms with E-state index >= 15 is 0 Å². The summed E-state index contributed by atoms with van der Waals surface area (Å²) in [6.07, 6.45) is 1.67. The molecule has 0 aliphatic heterocycles. The smallest absolute Gasteiger partial charge is 0.144 e. The van der Waals surface area contributed by atoms with Gasteiger partial charge >= 0.3 is 0 Å². The van der Waals surface area contributed by atoms with Crippen LogP contribution in [0.2, 0.25) is 0 Å². The number of benzene rings is 1. The number of aryl methyl sites for hydroxylation is 1. The molecule has 1 N–H and O–H groups in total. The molecule has 0 amide bonds. The summed E-state index contributed by atoms with van der Waals surface area (Å²) in [5, 5.41) is 21.1. The SMILES string of the molecule is Cc1ccnc(NCc2cccc(C#N)c2)c1C#N. The number of anilines is 1. The Morgan fingerprint density at radius 3 is 2.79 bits per heavy atom. The van der Waals surface area contributed by atoms with E-state index in [0.29, 0.717) is 23.5 Å². The summed E-state index contributed by atoms with van der Waals surface area (Å²) in [5.74, 6) is 0.574. The largest absolute Gasteiger partial charge is 0.365 e. The zero-order valence-electron chi connectivity index (χ0n) is 10.5. The Bertz CT molecular complexity index is 677. The van der Waals surface area contributed by atoms with Crippen LogP contribution in [0.15, 0.2) is 36.5 Å². The molecular formula is C15H12N4. The maximum atomic E-state index is 9.11. The second-order valence-electron chi connectivity index (χ2n) is 4.13. The van der Waals surface area contributed by atoms with Gasteiger partial charge in [0.05, 0.1) is 17.2 Å². The molecule has 1 aromatic heterocycles. The third-order valence-corrected chi connectivity index (χ3v) is 2.79. The minimum atomic E-state index is 0.528. The first-order chi connectivity index (χ1) is 9.24. The summed E-state index contributed by atoms with van der Waals surface area (Å²) >= 11 is 0. The highest BCUT2D eigenvalue weighted by atomic mass is 15.0. The number of aromatic nitrogens is 1. The molecule has 1 heterocycles. The summed E-state index contributed by atoms with van der Waals surface area (Å²) in [6.45, 7) is 2.41. The highest BCUT2D eigenvalue weighted by Gasteiger charge is 2.05. The standard InChI is InChI=1S/C15H12N4/c1-11-5-6-18-15(14(11)9-17)19-10-13-4-2-3-12(7-13)8-16/h2-7H,10H2,1H3,(H,18,19). The molecule has 1 aromatic carbocycles. The van der Waals surface area contributed by atoms with Crippen LogP contribution in [-0.2, 0) is 6.54 Å². The summed E-state index contributed by atoms with van der Waals surface area (Å²) in [4.78, 5) is 4.17. The summed E-state index contributed by atoms with van der Waals surface area (Å²) in [5.41, 5.74) is 3.05. The molecule has 0 fully saturated rings. The Morgan fingerprint density at radius 1 is 1.21 bits per heavy atom. The van der Waals surface area contributed by atoms with Crippen LogP contribution in [0.5, 0.6) is 0 Å². The molecule has 0 unspecified atom stereocenters. The lowest BCUT2D eigenvalue weighted by atomic mass is 10.1. The molecule has 0 atom stereocenters. The van der Waals surface area contributed by atoms with E-state index < -0.39 is 0 Å². The normalized spacial score (nSPS) is 9.42. The fourth-order valence-electron chi connectivity index (χ4n) is 1.77. The number of hydrogen-bond donors (Lipinski definition) is 1. The third-order valence-electron chi connectivity index (χ3n) is 2.79. The van der Waals surface area contributed by atoms with Crippen molar-refractivity contribution >= 4 is 5.82 Å². The zero-order valence-corrected chi connectivity index (χ0v) is 10.5. The highest BCUT2D eigenvalue weighted by Crippen LogP contribution is 2.16. The van der Waals surface area contributed by atoms with Gasteiger partial charge in [-0.1, -0.05) is 12.1 Å². The van der Waals surface area contributed by atoms with Crippen molar-refractivity contribution in [3.63, 3.8) is 0 Å². The van der Waals surface area contributed by atoms with Crippen LogP contribution in [0.4, 0.5) is 5.82 Å². The van der Waals surface area contributed by atoms with E-state index in [1.807, 2.05) is 25.1 Å². The molecule has 0 aliphatic carbocycles. The van der Waals surface area contributed by atoms with Gasteiger partial charge in [0, 0.05) is 12.7 Å². The molecule has 0 radical (unpaired) electrons. The van der Waals surface area contributed by atoms with E-state index in [4.69, 9.17) is 10.5 Å². The first kappa shape index (κ1) is 12.6. The van der Waals surface area contributed by atoms with Crippen LogP contribution in [0, 0.1) is 29.6 Å². The predicted octanol–water partition coefficient (Wildman–Crippen LogP) is 2.75. The number of rotatable bonds is 3. The molecule has 4 heteroatoms. The number of nitrogens with one attached hydrogen (secondary N) is 1. The fraction of sp³-hybridized carbons (Fsp3) is 0.133. The molecule has 19 heavy (non-hydrogen) atoms. The van der Waals surface area contributed by atoms with Crippen LogP contribution in [0.25, 0.3) is 0 Å². The van der Waals surface area contributed by atoms with Crippen molar-refractivity contribution in [2.24, 2.45) is 0 Å². The Kier molecular flexibility index (Phi) is 3.75. The quantitative estimate of drug-likeness (QED) is 0.906. The molecule has 0 spiro atoms. The number of pyridine rings is 1. The van der Waals surface area contributed by atoms with Gasteiger partial charge in [-0.2, -0.15) is 10.5 Å². The summed E-state index contributed by atoms with van der Waals surface area (Å²) in [7, 11) is 0. The topological polar surface area (TPSA) is 72.5 Å². The first-order valence-electron chi connectivity index (χ1n) is 5.83. The van der Waals surface area contributed by atoms with E-state index in [1.54, 1.807) is 18.3 Å². The number of hydrogen-bond acceptors (Lipinski definition) is 4. The van der Waals surface area contributed by atoms with Gasteiger partial charge in [0.15, 0.2) is 0 Å². The minimum absolute atomic E-state index is 0.528. The monoisotopic (exact) mass is 248 g/mol. The van der Waals surface area contributed by atoms with Crippen LogP contribution in [0.3, 0.4) is 0 Å². The van der Waals surface area contributed by atoms with Gasteiger partial charge in [-0.25, -0.2) is 4.98 Å². The van der Waals surface area contributed by atoms with Crippen molar-refractivity contribution in [3.05, 3.63) is 58.8 Å².